The zero-order chi connectivity index (χ0) is 18.8. The lowest BCUT2D eigenvalue weighted by Crippen LogP contribution is -2.48. The Morgan fingerprint density at radius 2 is 2.04 bits per heavy atom. The van der Waals surface area contributed by atoms with E-state index in [0.29, 0.717) is 25.3 Å². The summed E-state index contributed by atoms with van der Waals surface area (Å²) in [5, 5.41) is 0. The summed E-state index contributed by atoms with van der Waals surface area (Å²) in [4.78, 5) is 43.4. The molecular formula is C18H24N6O3. The molecule has 2 aromatic heterocycles. The van der Waals surface area contributed by atoms with Gasteiger partial charge in [0, 0.05) is 38.9 Å². The Morgan fingerprint density at radius 3 is 2.74 bits per heavy atom. The third kappa shape index (κ3) is 3.34. The van der Waals surface area contributed by atoms with Gasteiger partial charge in [-0.2, -0.15) is 0 Å². The lowest BCUT2D eigenvalue weighted by Gasteiger charge is -2.42. The van der Waals surface area contributed by atoms with Gasteiger partial charge in [0.1, 0.15) is 12.3 Å². The Morgan fingerprint density at radius 1 is 1.22 bits per heavy atom. The number of carbonyl (C=O) groups excluding carboxylic acids is 2. The third-order valence-electron chi connectivity index (χ3n) is 5.56. The van der Waals surface area contributed by atoms with Crippen LogP contribution in [0.4, 0.5) is 0 Å². The SMILES string of the molecule is COCC(=O)N1CCc2[nH]cnc2C1C1CCN(C(=O)c2cnc[nH]2)CC1. The molecule has 0 aliphatic carbocycles. The maximum atomic E-state index is 12.6. The Labute approximate surface area is 157 Å². The Bertz CT molecular complexity index is 794. The highest BCUT2D eigenvalue weighted by molar-refractivity contribution is 5.92. The van der Waals surface area contributed by atoms with E-state index in [-0.39, 0.29) is 30.4 Å². The molecule has 0 bridgehead atoms. The van der Waals surface area contributed by atoms with E-state index in [9.17, 15) is 9.59 Å². The largest absolute Gasteiger partial charge is 0.375 e. The maximum absolute atomic E-state index is 12.6. The maximum Gasteiger partial charge on any atom is 0.271 e. The molecule has 2 aliphatic heterocycles. The first-order chi connectivity index (χ1) is 13.2. The molecular weight excluding hydrogens is 348 g/mol. The number of methoxy groups -OCH3 is 1. The quantitative estimate of drug-likeness (QED) is 0.824. The topological polar surface area (TPSA) is 107 Å². The number of nitrogens with one attached hydrogen (secondary N) is 2. The van der Waals surface area contributed by atoms with E-state index in [4.69, 9.17) is 4.74 Å². The molecule has 0 spiro atoms. The van der Waals surface area contributed by atoms with E-state index < -0.39 is 0 Å². The van der Waals surface area contributed by atoms with Gasteiger partial charge >= 0.3 is 0 Å². The molecule has 2 aliphatic rings. The Kier molecular flexibility index (Phi) is 4.93. The van der Waals surface area contributed by atoms with E-state index in [1.807, 2.05) is 9.80 Å². The summed E-state index contributed by atoms with van der Waals surface area (Å²) in [6, 6.07) is -0.0629. The van der Waals surface area contributed by atoms with Crippen LogP contribution >= 0.6 is 0 Å². The van der Waals surface area contributed by atoms with Gasteiger partial charge in [0.25, 0.3) is 5.91 Å². The van der Waals surface area contributed by atoms with Gasteiger partial charge in [-0.3, -0.25) is 9.59 Å². The average molecular weight is 372 g/mol. The molecule has 1 saturated heterocycles. The van der Waals surface area contributed by atoms with Gasteiger partial charge in [-0.1, -0.05) is 0 Å². The van der Waals surface area contributed by atoms with Crippen LogP contribution < -0.4 is 0 Å². The van der Waals surface area contributed by atoms with Gasteiger partial charge in [-0.25, -0.2) is 9.97 Å². The van der Waals surface area contributed by atoms with Crippen LogP contribution in [0.15, 0.2) is 18.9 Å². The summed E-state index contributed by atoms with van der Waals surface area (Å²) in [6.45, 7) is 2.05. The standard InChI is InChI=1S/C18H24N6O3/c1-27-9-15(25)24-7-4-13-16(22-11-21-13)17(24)12-2-5-23(6-3-12)18(26)14-8-19-10-20-14/h8,10-12,17H,2-7,9H2,1H3,(H,19,20)(H,21,22). The van der Waals surface area contributed by atoms with Gasteiger partial charge in [0.2, 0.25) is 5.91 Å². The molecule has 0 aromatic carbocycles. The number of imidazole rings is 2. The minimum Gasteiger partial charge on any atom is -0.375 e. The fraction of sp³-hybridized carbons (Fsp3) is 0.556. The van der Waals surface area contributed by atoms with Crippen LogP contribution in [0, 0.1) is 5.92 Å². The van der Waals surface area contributed by atoms with Crippen LogP contribution in [0.5, 0.6) is 0 Å². The zero-order valence-corrected chi connectivity index (χ0v) is 15.4. The van der Waals surface area contributed by atoms with E-state index in [1.54, 1.807) is 12.5 Å². The van der Waals surface area contributed by atoms with Crippen LogP contribution in [-0.4, -0.2) is 74.9 Å². The normalized spacial score (nSPS) is 20.6. The molecule has 0 saturated carbocycles. The van der Waals surface area contributed by atoms with Crippen LogP contribution in [0.3, 0.4) is 0 Å². The summed E-state index contributed by atoms with van der Waals surface area (Å²) in [5.41, 5.74) is 2.58. The molecule has 144 valence electrons. The molecule has 9 nitrogen and oxygen atoms in total. The number of aromatic nitrogens is 4. The van der Waals surface area contributed by atoms with Gasteiger partial charge in [-0.15, -0.1) is 0 Å². The average Bonchev–Trinajstić information content (AvgIpc) is 3.38. The number of aromatic amines is 2. The first-order valence-electron chi connectivity index (χ1n) is 9.27. The summed E-state index contributed by atoms with van der Waals surface area (Å²) in [7, 11) is 1.54. The highest BCUT2D eigenvalue weighted by Crippen LogP contribution is 2.38. The molecule has 1 atom stereocenters. The van der Waals surface area contributed by atoms with E-state index >= 15 is 0 Å². The summed E-state index contributed by atoms with van der Waals surface area (Å²) in [5.74, 6) is 0.230. The second-order valence-electron chi connectivity index (χ2n) is 7.08. The molecule has 2 amide bonds. The molecule has 2 aromatic rings. The minimum absolute atomic E-state index is 0.00730. The fourth-order valence-corrected chi connectivity index (χ4v) is 4.23. The number of fused-ring (bicyclic) bond motifs is 1. The summed E-state index contributed by atoms with van der Waals surface area (Å²) in [6.07, 6.45) is 7.20. The highest BCUT2D eigenvalue weighted by atomic mass is 16.5. The van der Waals surface area contributed by atoms with Crippen molar-refractivity contribution in [1.29, 1.82) is 0 Å². The van der Waals surface area contributed by atoms with Crippen molar-refractivity contribution in [3.05, 3.63) is 35.9 Å². The van der Waals surface area contributed by atoms with Crippen LogP contribution in [0.25, 0.3) is 0 Å². The number of hydrogen-bond acceptors (Lipinski definition) is 5. The second kappa shape index (κ2) is 7.51. The molecule has 1 fully saturated rings. The molecule has 4 rings (SSSR count). The minimum atomic E-state index is -0.0629. The monoisotopic (exact) mass is 372 g/mol. The molecule has 4 heterocycles. The second-order valence-corrected chi connectivity index (χ2v) is 7.08. The molecule has 1 unspecified atom stereocenters. The van der Waals surface area contributed by atoms with E-state index in [1.165, 1.54) is 13.4 Å². The first kappa shape index (κ1) is 17.7. The van der Waals surface area contributed by atoms with Crippen LogP contribution in [0.1, 0.15) is 40.8 Å². The number of carbonyl (C=O) groups is 2. The van der Waals surface area contributed by atoms with Gasteiger partial charge in [-0.05, 0) is 18.8 Å². The number of rotatable bonds is 4. The van der Waals surface area contributed by atoms with Crippen molar-refractivity contribution in [3.63, 3.8) is 0 Å². The summed E-state index contributed by atoms with van der Waals surface area (Å²) < 4.78 is 5.07. The number of nitrogens with zero attached hydrogens (tertiary/aromatic N) is 4. The van der Waals surface area contributed by atoms with Crippen molar-refractivity contribution < 1.29 is 14.3 Å². The number of hydrogen-bond donors (Lipinski definition) is 2. The van der Waals surface area contributed by atoms with E-state index in [0.717, 1.165) is 30.7 Å². The van der Waals surface area contributed by atoms with Crippen LogP contribution in [-0.2, 0) is 16.0 Å². The number of likely N-dealkylation sites (tertiary alicyclic amines) is 1. The summed E-state index contributed by atoms with van der Waals surface area (Å²) >= 11 is 0. The Hall–Kier alpha value is -2.68. The number of H-pyrrole nitrogens is 2. The molecule has 0 radical (unpaired) electrons. The van der Waals surface area contributed by atoms with Gasteiger partial charge < -0.3 is 24.5 Å². The van der Waals surface area contributed by atoms with Crippen LogP contribution in [0.2, 0.25) is 0 Å². The molecule has 27 heavy (non-hydrogen) atoms. The lowest BCUT2D eigenvalue weighted by molar-refractivity contribution is -0.140. The first-order valence-corrected chi connectivity index (χ1v) is 9.27. The van der Waals surface area contributed by atoms with Gasteiger partial charge in [0.15, 0.2) is 0 Å². The highest BCUT2D eigenvalue weighted by Gasteiger charge is 2.39. The number of piperidine rings is 1. The van der Waals surface area contributed by atoms with Crippen molar-refractivity contribution in [2.45, 2.75) is 25.3 Å². The van der Waals surface area contributed by atoms with Crippen molar-refractivity contribution in [1.82, 2.24) is 29.7 Å². The number of amides is 2. The molecule has 2 N–H and O–H groups in total. The predicted molar refractivity (Wildman–Crippen MR) is 95.8 cm³/mol. The Balaban J connectivity index is 1.49. The third-order valence-corrected chi connectivity index (χ3v) is 5.56. The fourth-order valence-electron chi connectivity index (χ4n) is 4.23. The lowest BCUT2D eigenvalue weighted by atomic mass is 9.83. The number of ether oxygens (including phenoxy) is 1. The van der Waals surface area contributed by atoms with Crippen molar-refractivity contribution in [2.24, 2.45) is 5.92 Å². The smallest absolute Gasteiger partial charge is 0.271 e. The zero-order valence-electron chi connectivity index (χ0n) is 15.4. The van der Waals surface area contributed by atoms with Crippen molar-refractivity contribution in [3.8, 4) is 0 Å². The predicted octanol–water partition coefficient (Wildman–Crippen LogP) is 0.757. The van der Waals surface area contributed by atoms with Crippen molar-refractivity contribution >= 4 is 11.8 Å². The van der Waals surface area contributed by atoms with Gasteiger partial charge in [0.05, 0.1) is 30.6 Å². The van der Waals surface area contributed by atoms with Crippen molar-refractivity contribution in [2.75, 3.05) is 33.4 Å². The van der Waals surface area contributed by atoms with E-state index in [2.05, 4.69) is 19.9 Å². The molecule has 9 heteroatoms.